The number of rotatable bonds is 5. The summed E-state index contributed by atoms with van der Waals surface area (Å²) in [6, 6.07) is 14.5. The van der Waals surface area contributed by atoms with E-state index >= 15 is 0 Å². The van der Waals surface area contributed by atoms with Gasteiger partial charge in [-0.25, -0.2) is 0 Å². The van der Waals surface area contributed by atoms with Crippen LogP contribution < -0.4 is 15.0 Å². The summed E-state index contributed by atoms with van der Waals surface area (Å²) in [7, 11) is 0. The molecule has 3 heterocycles. The normalized spacial score (nSPS) is 13.0. The third-order valence-corrected chi connectivity index (χ3v) is 4.41. The maximum Gasteiger partial charge on any atom is 0.287 e. The first-order chi connectivity index (χ1) is 13.6. The topological polar surface area (TPSA) is 84.7 Å². The Morgan fingerprint density at radius 1 is 1.21 bits per heavy atom. The molecule has 1 aliphatic rings. The van der Waals surface area contributed by atoms with Crippen LogP contribution in [0.1, 0.15) is 27.6 Å². The van der Waals surface area contributed by atoms with Gasteiger partial charge in [-0.3, -0.25) is 19.5 Å². The van der Waals surface area contributed by atoms with Crippen LogP contribution in [-0.2, 0) is 17.9 Å². The number of amides is 2. The molecule has 4 rings (SSSR count). The van der Waals surface area contributed by atoms with E-state index in [1.807, 2.05) is 43.3 Å². The molecule has 2 amide bonds. The van der Waals surface area contributed by atoms with E-state index in [0.29, 0.717) is 23.7 Å². The number of benzene rings is 1. The van der Waals surface area contributed by atoms with Crippen molar-refractivity contribution in [2.75, 3.05) is 11.5 Å². The number of furan rings is 1. The molecule has 1 N–H and O–H groups in total. The number of aromatic nitrogens is 1. The highest BCUT2D eigenvalue weighted by molar-refractivity contribution is 5.97. The summed E-state index contributed by atoms with van der Waals surface area (Å²) >= 11 is 0. The van der Waals surface area contributed by atoms with Crippen molar-refractivity contribution < 1.29 is 18.7 Å². The van der Waals surface area contributed by atoms with Crippen LogP contribution in [0.3, 0.4) is 0 Å². The lowest BCUT2D eigenvalue weighted by molar-refractivity contribution is -0.121. The van der Waals surface area contributed by atoms with Crippen LogP contribution in [0.25, 0.3) is 0 Å². The highest BCUT2D eigenvalue weighted by Gasteiger charge is 2.27. The van der Waals surface area contributed by atoms with Crippen molar-refractivity contribution in [1.82, 2.24) is 10.3 Å². The number of hydrogen-bond acceptors (Lipinski definition) is 5. The third-order valence-electron chi connectivity index (χ3n) is 4.41. The van der Waals surface area contributed by atoms with E-state index in [4.69, 9.17) is 9.15 Å². The summed E-state index contributed by atoms with van der Waals surface area (Å²) < 4.78 is 11.1. The first-order valence-corrected chi connectivity index (χ1v) is 8.91. The molecular weight excluding hydrogens is 358 g/mol. The van der Waals surface area contributed by atoms with E-state index in [1.54, 1.807) is 23.2 Å². The number of carbonyl (C=O) groups excluding carboxylic acids is 2. The molecule has 1 aliphatic heterocycles. The minimum atomic E-state index is -0.332. The molecule has 0 unspecified atom stereocenters. The number of carbonyl (C=O) groups is 2. The number of fused-ring (bicyclic) bond motifs is 1. The van der Waals surface area contributed by atoms with E-state index in [2.05, 4.69) is 10.3 Å². The molecule has 0 radical (unpaired) electrons. The van der Waals surface area contributed by atoms with E-state index in [0.717, 1.165) is 11.3 Å². The molecule has 28 heavy (non-hydrogen) atoms. The Hall–Kier alpha value is -3.61. The largest absolute Gasteiger partial charge is 0.482 e. The van der Waals surface area contributed by atoms with Crippen LogP contribution in [0.2, 0.25) is 0 Å². The van der Waals surface area contributed by atoms with Gasteiger partial charge in [0.25, 0.3) is 11.8 Å². The number of aryl methyl sites for hydroxylation is 1. The molecule has 0 aliphatic carbocycles. The fourth-order valence-electron chi connectivity index (χ4n) is 2.99. The van der Waals surface area contributed by atoms with Crippen LogP contribution in [0.15, 0.2) is 59.1 Å². The summed E-state index contributed by atoms with van der Waals surface area (Å²) in [4.78, 5) is 30.4. The summed E-state index contributed by atoms with van der Waals surface area (Å²) in [5.41, 5.74) is 2.48. The molecule has 1 aromatic carbocycles. The maximum absolute atomic E-state index is 12.3. The smallest absolute Gasteiger partial charge is 0.287 e. The van der Waals surface area contributed by atoms with Crippen LogP contribution in [0.5, 0.6) is 5.75 Å². The maximum atomic E-state index is 12.3. The van der Waals surface area contributed by atoms with Crippen LogP contribution in [0, 0.1) is 6.92 Å². The Morgan fingerprint density at radius 3 is 2.93 bits per heavy atom. The third kappa shape index (κ3) is 3.73. The Labute approximate surface area is 161 Å². The Bertz CT molecular complexity index is 1010. The van der Waals surface area contributed by atoms with E-state index < -0.39 is 0 Å². The van der Waals surface area contributed by atoms with Gasteiger partial charge in [0.05, 0.1) is 24.5 Å². The van der Waals surface area contributed by atoms with E-state index in [-0.39, 0.29) is 30.7 Å². The minimum Gasteiger partial charge on any atom is -0.482 e. The molecule has 0 saturated carbocycles. The fourth-order valence-corrected chi connectivity index (χ4v) is 2.99. The monoisotopic (exact) mass is 377 g/mol. The second-order valence-electron chi connectivity index (χ2n) is 6.51. The zero-order valence-corrected chi connectivity index (χ0v) is 15.3. The van der Waals surface area contributed by atoms with Gasteiger partial charge in [0, 0.05) is 6.20 Å². The lowest BCUT2D eigenvalue weighted by atomic mass is 10.1. The highest BCUT2D eigenvalue weighted by atomic mass is 16.5. The molecule has 142 valence electrons. The fraction of sp³-hybridized carbons (Fsp3) is 0.190. The SMILES string of the molecule is Cc1ccc2c(c1)N(Cc1ccc(C(=O)NCc3ccccn3)o1)C(=O)CO2. The van der Waals surface area contributed by atoms with Crippen molar-refractivity contribution in [3.63, 3.8) is 0 Å². The van der Waals surface area contributed by atoms with Gasteiger partial charge in [-0.15, -0.1) is 0 Å². The predicted octanol–water partition coefficient (Wildman–Crippen LogP) is 2.84. The molecular formula is C21H19N3O4. The van der Waals surface area contributed by atoms with Crippen molar-refractivity contribution in [1.29, 1.82) is 0 Å². The summed E-state index contributed by atoms with van der Waals surface area (Å²) in [6.07, 6.45) is 1.67. The molecule has 7 heteroatoms. The molecule has 0 bridgehead atoms. The van der Waals surface area contributed by atoms with Crippen LogP contribution in [-0.4, -0.2) is 23.4 Å². The van der Waals surface area contributed by atoms with E-state index in [1.165, 1.54) is 0 Å². The Kier molecular flexibility index (Phi) is 4.80. The van der Waals surface area contributed by atoms with Crippen molar-refractivity contribution in [3.8, 4) is 5.75 Å². The average Bonchev–Trinajstić information content (AvgIpc) is 3.18. The standard InChI is InChI=1S/C21H19N3O4/c1-14-5-7-18-17(10-14)24(20(25)13-27-18)12-16-6-8-19(28-16)21(26)23-11-15-4-2-3-9-22-15/h2-10H,11-13H2,1H3,(H,23,26). The van der Waals surface area contributed by atoms with Gasteiger partial charge in [0.2, 0.25) is 0 Å². The van der Waals surface area contributed by atoms with Crippen LogP contribution >= 0.6 is 0 Å². The van der Waals surface area contributed by atoms with Crippen molar-refractivity contribution in [2.45, 2.75) is 20.0 Å². The predicted molar refractivity (Wildman–Crippen MR) is 102 cm³/mol. The van der Waals surface area contributed by atoms with Gasteiger partial charge in [0.15, 0.2) is 12.4 Å². The molecule has 2 aromatic heterocycles. The number of nitrogens with one attached hydrogen (secondary N) is 1. The number of ether oxygens (including phenoxy) is 1. The molecule has 0 spiro atoms. The molecule has 0 atom stereocenters. The summed E-state index contributed by atoms with van der Waals surface area (Å²) in [5.74, 6) is 0.879. The minimum absolute atomic E-state index is 0.0197. The first-order valence-electron chi connectivity index (χ1n) is 8.91. The second kappa shape index (κ2) is 7.56. The quantitative estimate of drug-likeness (QED) is 0.739. The Balaban J connectivity index is 1.46. The summed E-state index contributed by atoms with van der Waals surface area (Å²) in [6.45, 7) is 2.47. The van der Waals surface area contributed by atoms with Gasteiger partial charge in [0.1, 0.15) is 11.5 Å². The zero-order valence-electron chi connectivity index (χ0n) is 15.3. The molecule has 3 aromatic rings. The van der Waals surface area contributed by atoms with E-state index in [9.17, 15) is 9.59 Å². The van der Waals surface area contributed by atoms with Gasteiger partial charge >= 0.3 is 0 Å². The Morgan fingerprint density at radius 2 is 2.11 bits per heavy atom. The van der Waals surface area contributed by atoms with Gasteiger partial charge < -0.3 is 14.5 Å². The van der Waals surface area contributed by atoms with Crippen molar-refractivity contribution in [2.24, 2.45) is 0 Å². The van der Waals surface area contributed by atoms with Crippen molar-refractivity contribution >= 4 is 17.5 Å². The second-order valence-corrected chi connectivity index (χ2v) is 6.51. The zero-order chi connectivity index (χ0) is 19.5. The highest BCUT2D eigenvalue weighted by Crippen LogP contribution is 2.34. The lowest BCUT2D eigenvalue weighted by Crippen LogP contribution is -2.38. The average molecular weight is 377 g/mol. The first kappa shape index (κ1) is 17.8. The molecule has 7 nitrogen and oxygen atoms in total. The van der Waals surface area contributed by atoms with Crippen molar-refractivity contribution in [3.05, 3.63) is 77.5 Å². The lowest BCUT2D eigenvalue weighted by Gasteiger charge is -2.29. The number of pyridine rings is 1. The van der Waals surface area contributed by atoms with Gasteiger partial charge in [-0.05, 0) is 48.9 Å². The van der Waals surface area contributed by atoms with Gasteiger partial charge in [-0.1, -0.05) is 12.1 Å². The number of anilines is 1. The number of hydrogen-bond donors (Lipinski definition) is 1. The number of nitrogens with zero attached hydrogens (tertiary/aromatic N) is 2. The van der Waals surface area contributed by atoms with Crippen LogP contribution in [0.4, 0.5) is 5.69 Å². The molecule has 0 saturated heterocycles. The van der Waals surface area contributed by atoms with Gasteiger partial charge in [-0.2, -0.15) is 0 Å². The molecule has 0 fully saturated rings. The summed E-state index contributed by atoms with van der Waals surface area (Å²) in [5, 5.41) is 2.77.